The standard InChI is InChI=1S/C16H15NO2/c1-10-7-8-11(2)13(9-10)16(19)12-5-3-4-6-14(12)17-15(16)18/h3-9,19H,1-2H3,(H,17,18)/t16-/m0/s1. The zero-order valence-electron chi connectivity index (χ0n) is 10.9. The molecule has 3 rings (SSSR count). The molecule has 3 nitrogen and oxygen atoms in total. The molecule has 0 aromatic heterocycles. The number of carbonyl (C=O) groups is 1. The van der Waals surface area contributed by atoms with E-state index in [4.69, 9.17) is 0 Å². The van der Waals surface area contributed by atoms with E-state index in [0.717, 1.165) is 11.1 Å². The number of benzene rings is 2. The Morgan fingerprint density at radius 1 is 1.05 bits per heavy atom. The van der Waals surface area contributed by atoms with Gasteiger partial charge in [-0.2, -0.15) is 0 Å². The fourth-order valence-corrected chi connectivity index (χ4v) is 2.64. The van der Waals surface area contributed by atoms with E-state index in [1.54, 1.807) is 12.1 Å². The van der Waals surface area contributed by atoms with Crippen LogP contribution in [0.25, 0.3) is 0 Å². The van der Waals surface area contributed by atoms with Gasteiger partial charge in [-0.05, 0) is 25.5 Å². The molecule has 2 aromatic carbocycles. The fourth-order valence-electron chi connectivity index (χ4n) is 2.64. The van der Waals surface area contributed by atoms with Crippen molar-refractivity contribution < 1.29 is 9.90 Å². The van der Waals surface area contributed by atoms with Crippen molar-refractivity contribution in [2.24, 2.45) is 0 Å². The van der Waals surface area contributed by atoms with Gasteiger partial charge in [-0.1, -0.05) is 42.0 Å². The summed E-state index contributed by atoms with van der Waals surface area (Å²) >= 11 is 0. The molecule has 3 heteroatoms. The number of anilines is 1. The molecule has 1 aliphatic rings. The van der Waals surface area contributed by atoms with Crippen LogP contribution in [0.5, 0.6) is 0 Å². The van der Waals surface area contributed by atoms with Crippen LogP contribution in [0.3, 0.4) is 0 Å². The first-order chi connectivity index (χ1) is 9.03. The predicted octanol–water partition coefficient (Wildman–Crippen LogP) is 2.49. The van der Waals surface area contributed by atoms with E-state index in [-0.39, 0.29) is 5.91 Å². The van der Waals surface area contributed by atoms with Crippen molar-refractivity contribution in [1.29, 1.82) is 0 Å². The summed E-state index contributed by atoms with van der Waals surface area (Å²) in [6.45, 7) is 3.85. The van der Waals surface area contributed by atoms with E-state index < -0.39 is 5.60 Å². The van der Waals surface area contributed by atoms with Crippen molar-refractivity contribution in [3.05, 3.63) is 64.7 Å². The highest BCUT2D eigenvalue weighted by molar-refractivity contribution is 6.07. The second kappa shape index (κ2) is 3.93. The van der Waals surface area contributed by atoms with Crippen LogP contribution in [-0.4, -0.2) is 11.0 Å². The molecule has 0 bridgehead atoms. The van der Waals surface area contributed by atoms with Gasteiger partial charge in [0.25, 0.3) is 5.91 Å². The van der Waals surface area contributed by atoms with E-state index in [2.05, 4.69) is 5.32 Å². The molecule has 96 valence electrons. The normalized spacial score (nSPS) is 21.1. The van der Waals surface area contributed by atoms with Gasteiger partial charge in [0, 0.05) is 16.8 Å². The SMILES string of the molecule is Cc1ccc(C)c([C@]2(O)C(=O)Nc3ccccc32)c1. The third-order valence-electron chi connectivity index (χ3n) is 3.68. The summed E-state index contributed by atoms with van der Waals surface area (Å²) in [4.78, 5) is 12.3. The number of aryl methyl sites for hydroxylation is 2. The fraction of sp³-hybridized carbons (Fsp3) is 0.188. The molecule has 1 heterocycles. The maximum absolute atomic E-state index is 12.3. The third kappa shape index (κ3) is 1.59. The lowest BCUT2D eigenvalue weighted by Crippen LogP contribution is -2.36. The molecule has 2 aromatic rings. The summed E-state index contributed by atoms with van der Waals surface area (Å²) < 4.78 is 0. The van der Waals surface area contributed by atoms with Crippen LogP contribution in [0.2, 0.25) is 0 Å². The lowest BCUT2D eigenvalue weighted by atomic mass is 9.84. The van der Waals surface area contributed by atoms with Crippen molar-refractivity contribution in [2.75, 3.05) is 5.32 Å². The number of para-hydroxylation sites is 1. The number of amides is 1. The minimum absolute atomic E-state index is 0.387. The number of fused-ring (bicyclic) bond motifs is 1. The summed E-state index contributed by atoms with van der Waals surface area (Å²) in [6.07, 6.45) is 0. The van der Waals surface area contributed by atoms with Crippen LogP contribution in [0.15, 0.2) is 42.5 Å². The number of carbonyl (C=O) groups excluding carboxylic acids is 1. The molecule has 0 saturated carbocycles. The van der Waals surface area contributed by atoms with E-state index in [1.807, 2.05) is 44.2 Å². The maximum Gasteiger partial charge on any atom is 0.265 e. The van der Waals surface area contributed by atoms with Crippen molar-refractivity contribution in [2.45, 2.75) is 19.4 Å². The average molecular weight is 253 g/mol. The summed E-state index contributed by atoms with van der Waals surface area (Å²) in [5.41, 5.74) is 2.28. The first kappa shape index (κ1) is 11.9. The highest BCUT2D eigenvalue weighted by atomic mass is 16.3. The van der Waals surface area contributed by atoms with Crippen LogP contribution < -0.4 is 5.32 Å². The van der Waals surface area contributed by atoms with Gasteiger partial charge >= 0.3 is 0 Å². The molecule has 1 amide bonds. The molecule has 0 radical (unpaired) electrons. The van der Waals surface area contributed by atoms with Crippen LogP contribution in [0.1, 0.15) is 22.3 Å². The zero-order valence-corrected chi connectivity index (χ0v) is 10.9. The summed E-state index contributed by atoms with van der Waals surface area (Å²) in [6, 6.07) is 13.0. The van der Waals surface area contributed by atoms with Gasteiger partial charge in [-0.15, -0.1) is 0 Å². The molecule has 0 aliphatic carbocycles. The van der Waals surface area contributed by atoms with Crippen LogP contribution in [0.4, 0.5) is 5.69 Å². The number of hydrogen-bond donors (Lipinski definition) is 2. The Morgan fingerprint density at radius 3 is 2.58 bits per heavy atom. The Kier molecular flexibility index (Phi) is 2.47. The molecule has 2 N–H and O–H groups in total. The lowest BCUT2D eigenvalue weighted by Gasteiger charge is -2.23. The predicted molar refractivity (Wildman–Crippen MR) is 74.0 cm³/mol. The Labute approximate surface area is 111 Å². The Morgan fingerprint density at radius 2 is 1.79 bits per heavy atom. The Balaban J connectivity index is 2.28. The van der Waals surface area contributed by atoms with Gasteiger partial charge in [0.15, 0.2) is 5.60 Å². The molecule has 0 saturated heterocycles. The number of rotatable bonds is 1. The minimum Gasteiger partial charge on any atom is -0.372 e. The summed E-state index contributed by atoms with van der Waals surface area (Å²) in [7, 11) is 0. The monoisotopic (exact) mass is 253 g/mol. The first-order valence-corrected chi connectivity index (χ1v) is 6.24. The number of nitrogens with one attached hydrogen (secondary N) is 1. The molecule has 1 aliphatic heterocycles. The zero-order chi connectivity index (χ0) is 13.6. The third-order valence-corrected chi connectivity index (χ3v) is 3.68. The quantitative estimate of drug-likeness (QED) is 0.820. The van der Waals surface area contributed by atoms with E-state index >= 15 is 0 Å². The van der Waals surface area contributed by atoms with Crippen molar-refractivity contribution >= 4 is 11.6 Å². The molecular weight excluding hydrogens is 238 g/mol. The second-order valence-corrected chi connectivity index (χ2v) is 5.03. The molecule has 0 spiro atoms. The van der Waals surface area contributed by atoms with Gasteiger partial charge < -0.3 is 10.4 Å². The van der Waals surface area contributed by atoms with Crippen molar-refractivity contribution in [3.8, 4) is 0 Å². The first-order valence-electron chi connectivity index (χ1n) is 6.24. The molecule has 19 heavy (non-hydrogen) atoms. The molecule has 0 unspecified atom stereocenters. The van der Waals surface area contributed by atoms with Crippen LogP contribution >= 0.6 is 0 Å². The topological polar surface area (TPSA) is 49.3 Å². The lowest BCUT2D eigenvalue weighted by molar-refractivity contribution is -0.129. The molecule has 1 atom stereocenters. The van der Waals surface area contributed by atoms with Gasteiger partial charge in [0.1, 0.15) is 0 Å². The average Bonchev–Trinajstić information content (AvgIpc) is 2.66. The van der Waals surface area contributed by atoms with Gasteiger partial charge in [0.05, 0.1) is 0 Å². The molecular formula is C16H15NO2. The summed E-state index contributed by atoms with van der Waals surface area (Å²) in [5.74, 6) is -0.387. The van der Waals surface area contributed by atoms with E-state index in [1.165, 1.54) is 0 Å². The maximum atomic E-state index is 12.3. The van der Waals surface area contributed by atoms with Crippen LogP contribution in [-0.2, 0) is 10.4 Å². The van der Waals surface area contributed by atoms with Gasteiger partial charge in [-0.25, -0.2) is 0 Å². The van der Waals surface area contributed by atoms with Gasteiger partial charge in [-0.3, -0.25) is 4.79 Å². The Bertz CT molecular complexity index is 678. The smallest absolute Gasteiger partial charge is 0.265 e. The van der Waals surface area contributed by atoms with Gasteiger partial charge in [0.2, 0.25) is 0 Å². The largest absolute Gasteiger partial charge is 0.372 e. The number of aliphatic hydroxyl groups is 1. The minimum atomic E-state index is -1.59. The van der Waals surface area contributed by atoms with E-state index in [9.17, 15) is 9.90 Å². The number of hydrogen-bond acceptors (Lipinski definition) is 2. The molecule has 0 fully saturated rings. The van der Waals surface area contributed by atoms with E-state index in [0.29, 0.717) is 16.8 Å². The summed E-state index contributed by atoms with van der Waals surface area (Å²) in [5, 5.41) is 13.7. The highest BCUT2D eigenvalue weighted by Gasteiger charge is 2.47. The van der Waals surface area contributed by atoms with Crippen molar-refractivity contribution in [3.63, 3.8) is 0 Å². The highest BCUT2D eigenvalue weighted by Crippen LogP contribution is 2.41. The van der Waals surface area contributed by atoms with Crippen LogP contribution in [0, 0.1) is 13.8 Å². The second-order valence-electron chi connectivity index (χ2n) is 5.03. The van der Waals surface area contributed by atoms with Crippen molar-refractivity contribution in [1.82, 2.24) is 0 Å². The Hall–Kier alpha value is -2.13.